The average molecular weight is 435 g/mol. The number of hydrogen-bond acceptors (Lipinski definition) is 4. The first-order valence-electron chi connectivity index (χ1n) is 11.3. The smallest absolute Gasteiger partial charge is 0.250 e. The summed E-state index contributed by atoms with van der Waals surface area (Å²) in [6, 6.07) is 9.99. The summed E-state index contributed by atoms with van der Waals surface area (Å²) in [6.45, 7) is 2.30. The van der Waals surface area contributed by atoms with Crippen LogP contribution in [0.5, 0.6) is 0 Å². The third-order valence-electron chi connectivity index (χ3n) is 6.48. The van der Waals surface area contributed by atoms with Crippen LogP contribution in [0.2, 0.25) is 0 Å². The van der Waals surface area contributed by atoms with Gasteiger partial charge in [-0.15, -0.1) is 0 Å². The Morgan fingerprint density at radius 3 is 2.69 bits per heavy atom. The van der Waals surface area contributed by atoms with Gasteiger partial charge in [-0.3, -0.25) is 14.4 Å². The zero-order valence-corrected chi connectivity index (χ0v) is 18.5. The summed E-state index contributed by atoms with van der Waals surface area (Å²) in [5.41, 5.74) is 0.0593. The highest BCUT2D eigenvalue weighted by Gasteiger charge is 2.48. The fourth-order valence-corrected chi connectivity index (χ4v) is 4.76. The second kappa shape index (κ2) is 9.51. The Balaban J connectivity index is 1.47. The van der Waals surface area contributed by atoms with E-state index < -0.39 is 5.54 Å². The van der Waals surface area contributed by atoms with E-state index in [1.807, 2.05) is 36.4 Å². The van der Waals surface area contributed by atoms with Crippen LogP contribution < -0.4 is 5.32 Å². The number of aliphatic imine (C=N–C) groups is 1. The first-order chi connectivity index (χ1) is 15.5. The first kappa shape index (κ1) is 22.0. The van der Waals surface area contributed by atoms with Crippen molar-refractivity contribution in [3.05, 3.63) is 60.3 Å². The number of amides is 3. The molecule has 4 rings (SSSR count). The van der Waals surface area contributed by atoms with E-state index in [4.69, 9.17) is 0 Å². The lowest BCUT2D eigenvalue weighted by Crippen LogP contribution is -2.63. The summed E-state index contributed by atoms with van der Waals surface area (Å²) in [5, 5.41) is 2.96. The molecule has 1 atom stereocenters. The van der Waals surface area contributed by atoms with Crippen molar-refractivity contribution < 1.29 is 14.4 Å². The highest BCUT2D eigenvalue weighted by Crippen LogP contribution is 2.33. The molecule has 0 spiro atoms. The van der Waals surface area contributed by atoms with Gasteiger partial charge < -0.3 is 15.1 Å². The van der Waals surface area contributed by atoms with Crippen LogP contribution in [0, 0.1) is 0 Å². The van der Waals surface area contributed by atoms with Crippen LogP contribution in [0.4, 0.5) is 0 Å². The maximum atomic E-state index is 13.9. The largest absolute Gasteiger partial charge is 0.354 e. The first-order valence-corrected chi connectivity index (χ1v) is 11.3. The van der Waals surface area contributed by atoms with Crippen molar-refractivity contribution in [3.63, 3.8) is 0 Å². The molecule has 2 aliphatic heterocycles. The Morgan fingerprint density at radius 2 is 1.94 bits per heavy atom. The molecule has 0 unspecified atom stereocenters. The molecule has 0 aromatic heterocycles. The lowest BCUT2D eigenvalue weighted by molar-refractivity contribution is -0.148. The van der Waals surface area contributed by atoms with Gasteiger partial charge in [-0.1, -0.05) is 49.2 Å². The summed E-state index contributed by atoms with van der Waals surface area (Å²) < 4.78 is 0. The molecule has 2 heterocycles. The molecule has 1 N–H and O–H groups in total. The zero-order chi connectivity index (χ0) is 22.6. The number of carbonyl (C=O) groups excluding carboxylic acids is 3. The molecule has 3 aliphatic rings. The van der Waals surface area contributed by atoms with E-state index in [0.717, 1.165) is 37.7 Å². The van der Waals surface area contributed by atoms with Gasteiger partial charge in [0, 0.05) is 18.8 Å². The Bertz CT molecular complexity index is 963. The van der Waals surface area contributed by atoms with Crippen LogP contribution in [0.1, 0.15) is 44.6 Å². The Hall–Kier alpha value is -3.22. The van der Waals surface area contributed by atoms with Crippen LogP contribution in [-0.4, -0.2) is 58.0 Å². The number of carbonyl (C=O) groups is 3. The van der Waals surface area contributed by atoms with Crippen LogP contribution in [0.3, 0.4) is 0 Å². The van der Waals surface area contributed by atoms with E-state index in [0.29, 0.717) is 12.4 Å². The fourth-order valence-electron chi connectivity index (χ4n) is 4.76. The molecule has 0 bridgehead atoms. The van der Waals surface area contributed by atoms with Crippen LogP contribution in [0.25, 0.3) is 0 Å². The lowest BCUT2D eigenvalue weighted by Gasteiger charge is -2.45. The van der Waals surface area contributed by atoms with Crippen molar-refractivity contribution in [2.24, 2.45) is 4.99 Å². The third kappa shape index (κ3) is 4.66. The molecule has 1 saturated carbocycles. The number of nitrogens with one attached hydrogen (secondary N) is 1. The number of benzene rings is 1. The van der Waals surface area contributed by atoms with E-state index in [1.54, 1.807) is 35.1 Å². The summed E-state index contributed by atoms with van der Waals surface area (Å²) in [5.74, 6) is -0.206. The summed E-state index contributed by atoms with van der Waals surface area (Å²) in [6.07, 6.45) is 11.7. The molecular weight excluding hydrogens is 404 g/mol. The fraction of sp³-hybridized carbons (Fsp3) is 0.440. The van der Waals surface area contributed by atoms with Gasteiger partial charge >= 0.3 is 0 Å². The number of rotatable bonds is 7. The minimum absolute atomic E-state index is 0.00192. The average Bonchev–Trinajstić information content (AvgIpc) is 3.32. The van der Waals surface area contributed by atoms with Gasteiger partial charge in [0.2, 0.25) is 11.8 Å². The molecule has 168 valence electrons. The molecule has 32 heavy (non-hydrogen) atoms. The monoisotopic (exact) mass is 434 g/mol. The second-order valence-corrected chi connectivity index (χ2v) is 8.84. The molecular formula is C25H30N4O3. The topological polar surface area (TPSA) is 82.1 Å². The Labute approximate surface area is 188 Å². The van der Waals surface area contributed by atoms with Gasteiger partial charge in [0.15, 0.2) is 0 Å². The molecule has 3 amide bonds. The SMILES string of the molecule is C[C@]1(C(=O)N(CC(=O)NCCc2ccccc2)C2CCCC2)CC(=O)N=C2C=CC=CN21. The van der Waals surface area contributed by atoms with Crippen LogP contribution >= 0.6 is 0 Å². The summed E-state index contributed by atoms with van der Waals surface area (Å²) >= 11 is 0. The maximum absolute atomic E-state index is 13.9. The molecule has 0 radical (unpaired) electrons. The van der Waals surface area contributed by atoms with Gasteiger partial charge in [-0.2, -0.15) is 4.99 Å². The predicted molar refractivity (Wildman–Crippen MR) is 123 cm³/mol. The van der Waals surface area contributed by atoms with Gasteiger partial charge in [-0.05, 0) is 43.9 Å². The summed E-state index contributed by atoms with van der Waals surface area (Å²) in [7, 11) is 0. The van der Waals surface area contributed by atoms with Crippen LogP contribution in [0.15, 0.2) is 59.8 Å². The van der Waals surface area contributed by atoms with Gasteiger partial charge in [-0.25, -0.2) is 0 Å². The Kier molecular flexibility index (Phi) is 6.53. The van der Waals surface area contributed by atoms with Crippen molar-refractivity contribution in [3.8, 4) is 0 Å². The normalized spacial score (nSPS) is 22.5. The lowest BCUT2D eigenvalue weighted by atomic mass is 9.89. The predicted octanol–water partition coefficient (Wildman–Crippen LogP) is 2.59. The van der Waals surface area contributed by atoms with Gasteiger partial charge in [0.25, 0.3) is 5.91 Å². The number of allylic oxidation sites excluding steroid dienone is 2. The second-order valence-electron chi connectivity index (χ2n) is 8.84. The molecule has 0 saturated heterocycles. The molecule has 1 aromatic carbocycles. The summed E-state index contributed by atoms with van der Waals surface area (Å²) in [4.78, 5) is 46.6. The van der Waals surface area contributed by atoms with Crippen molar-refractivity contribution in [2.75, 3.05) is 13.1 Å². The molecule has 7 heteroatoms. The van der Waals surface area contributed by atoms with Crippen molar-refractivity contribution in [1.29, 1.82) is 0 Å². The highest BCUT2D eigenvalue weighted by atomic mass is 16.2. The van der Waals surface area contributed by atoms with Crippen molar-refractivity contribution >= 4 is 23.6 Å². The maximum Gasteiger partial charge on any atom is 0.250 e. The number of fused-ring (bicyclic) bond motifs is 1. The van der Waals surface area contributed by atoms with E-state index in [2.05, 4.69) is 10.3 Å². The minimum atomic E-state index is -1.09. The Morgan fingerprint density at radius 1 is 1.19 bits per heavy atom. The highest BCUT2D eigenvalue weighted by molar-refractivity contribution is 6.09. The van der Waals surface area contributed by atoms with Crippen LogP contribution in [-0.2, 0) is 20.8 Å². The van der Waals surface area contributed by atoms with Gasteiger partial charge in [0.1, 0.15) is 11.4 Å². The molecule has 7 nitrogen and oxygen atoms in total. The third-order valence-corrected chi connectivity index (χ3v) is 6.48. The number of nitrogens with zero attached hydrogens (tertiary/aromatic N) is 3. The number of hydrogen-bond donors (Lipinski definition) is 1. The van der Waals surface area contributed by atoms with E-state index in [-0.39, 0.29) is 36.7 Å². The van der Waals surface area contributed by atoms with E-state index in [1.165, 1.54) is 0 Å². The zero-order valence-electron chi connectivity index (χ0n) is 18.5. The molecule has 1 fully saturated rings. The van der Waals surface area contributed by atoms with Crippen molar-refractivity contribution in [1.82, 2.24) is 15.1 Å². The minimum Gasteiger partial charge on any atom is -0.354 e. The number of amidine groups is 1. The van der Waals surface area contributed by atoms with Crippen molar-refractivity contribution in [2.45, 2.75) is 57.0 Å². The van der Waals surface area contributed by atoms with Gasteiger partial charge in [0.05, 0.1) is 13.0 Å². The molecule has 1 aromatic rings. The standard InChI is InChI=1S/C25H30N4O3/c1-25(17-22(30)27-21-13-7-8-16-29(21)25)24(32)28(20-11-5-6-12-20)18-23(31)26-15-14-19-9-3-2-4-10-19/h2-4,7-10,13,16,20H,5-6,11-12,14-15,17-18H2,1H3,(H,26,31)/t25-/m1/s1. The quantitative estimate of drug-likeness (QED) is 0.715. The van der Waals surface area contributed by atoms with E-state index >= 15 is 0 Å². The van der Waals surface area contributed by atoms with E-state index in [9.17, 15) is 14.4 Å². The molecule has 1 aliphatic carbocycles.